The van der Waals surface area contributed by atoms with E-state index in [1.54, 1.807) is 0 Å². The normalized spacial score (nSPS) is 29.0. The molecule has 7 heteroatoms. The zero-order valence-corrected chi connectivity index (χ0v) is 19.9. The van der Waals surface area contributed by atoms with Crippen LogP contribution in [0.1, 0.15) is 56.3 Å². The predicted octanol–water partition coefficient (Wildman–Crippen LogP) is 5.12. The van der Waals surface area contributed by atoms with Gasteiger partial charge in [-0.25, -0.2) is 4.98 Å². The number of aromatic nitrogens is 3. The van der Waals surface area contributed by atoms with Crippen LogP contribution in [0.4, 0.5) is 0 Å². The number of hydrogen-bond acceptors (Lipinski definition) is 5. The number of carbonyl (C=O) groups is 1. The van der Waals surface area contributed by atoms with E-state index in [0.29, 0.717) is 18.3 Å². The van der Waals surface area contributed by atoms with Crippen LogP contribution >= 0.6 is 0 Å². The van der Waals surface area contributed by atoms with E-state index >= 15 is 0 Å². The Morgan fingerprint density at radius 1 is 1.09 bits per heavy atom. The lowest BCUT2D eigenvalue weighted by Crippen LogP contribution is -2.49. The fraction of sp³-hybridized carbons (Fsp3) is 0.464. The third-order valence-electron chi connectivity index (χ3n) is 8.31. The maximum atomic E-state index is 12.5. The van der Waals surface area contributed by atoms with Crippen LogP contribution in [0, 0.1) is 17.3 Å². The average molecular weight is 473 g/mol. The molecule has 0 unspecified atom stereocenters. The smallest absolute Gasteiger partial charge is 0.223 e. The first-order chi connectivity index (χ1) is 17.1. The van der Waals surface area contributed by atoms with E-state index in [2.05, 4.69) is 38.7 Å². The molecule has 4 aliphatic rings. The summed E-state index contributed by atoms with van der Waals surface area (Å²) < 4.78 is 12.7. The standard InChI is InChI=1S/C28H32N4O3/c33-26(29-17-25-30-19-31-32-25)24-15-20(24)9-10-27-11-13-28(14-12-27,34-18-27)21-5-4-8-23(16-21)35-22-6-2-1-3-7-22/h1-8,16,19-20,24H,9-15,17-18H2,(H,29,33)(H,30,31,32)/t20-,24-,27?,28?/m1/s1. The second-order valence-electron chi connectivity index (χ2n) is 10.5. The minimum absolute atomic E-state index is 0.143. The molecule has 2 N–H and O–H groups in total. The maximum Gasteiger partial charge on any atom is 0.223 e. The van der Waals surface area contributed by atoms with Crippen LogP contribution < -0.4 is 10.1 Å². The summed E-state index contributed by atoms with van der Waals surface area (Å²) in [4.78, 5) is 16.5. The Morgan fingerprint density at radius 3 is 2.66 bits per heavy atom. The molecule has 2 bridgehead atoms. The Kier molecular flexibility index (Phi) is 5.80. The molecule has 1 aromatic heterocycles. The molecule has 3 aromatic rings. The molecule has 2 aliphatic heterocycles. The van der Waals surface area contributed by atoms with Crippen molar-refractivity contribution in [2.45, 2.75) is 57.1 Å². The molecule has 35 heavy (non-hydrogen) atoms. The molecular formula is C28H32N4O3. The number of ether oxygens (including phenoxy) is 2. The molecule has 3 heterocycles. The first kappa shape index (κ1) is 22.3. The molecule has 1 amide bonds. The van der Waals surface area contributed by atoms with Gasteiger partial charge in [-0.05, 0) is 86.1 Å². The molecule has 2 atom stereocenters. The van der Waals surface area contributed by atoms with E-state index in [1.165, 1.54) is 24.7 Å². The Morgan fingerprint density at radius 2 is 1.91 bits per heavy atom. The van der Waals surface area contributed by atoms with Gasteiger partial charge in [-0.3, -0.25) is 9.89 Å². The number of benzene rings is 2. The highest BCUT2D eigenvalue weighted by atomic mass is 16.5. The largest absolute Gasteiger partial charge is 0.457 e. The molecule has 7 rings (SSSR count). The van der Waals surface area contributed by atoms with Crippen molar-refractivity contribution in [2.75, 3.05) is 6.61 Å². The van der Waals surface area contributed by atoms with Gasteiger partial charge in [0.2, 0.25) is 5.91 Å². The first-order valence-electron chi connectivity index (χ1n) is 12.7. The number of aromatic amines is 1. The molecule has 4 fully saturated rings. The van der Waals surface area contributed by atoms with Crippen molar-refractivity contribution in [1.29, 1.82) is 0 Å². The molecular weight excluding hydrogens is 440 g/mol. The Bertz CT molecular complexity index is 1140. The van der Waals surface area contributed by atoms with Gasteiger partial charge in [-0.1, -0.05) is 30.3 Å². The number of amides is 1. The van der Waals surface area contributed by atoms with Gasteiger partial charge in [0.05, 0.1) is 18.8 Å². The lowest BCUT2D eigenvalue weighted by atomic mass is 9.62. The monoisotopic (exact) mass is 472 g/mol. The predicted molar refractivity (Wildman–Crippen MR) is 131 cm³/mol. The number of nitrogens with one attached hydrogen (secondary N) is 2. The number of nitrogens with zero attached hydrogens (tertiary/aromatic N) is 2. The van der Waals surface area contributed by atoms with E-state index in [-0.39, 0.29) is 22.8 Å². The van der Waals surface area contributed by atoms with Gasteiger partial charge >= 0.3 is 0 Å². The van der Waals surface area contributed by atoms with Gasteiger partial charge in [-0.2, -0.15) is 5.10 Å². The summed E-state index contributed by atoms with van der Waals surface area (Å²) >= 11 is 0. The van der Waals surface area contributed by atoms with Crippen molar-refractivity contribution in [1.82, 2.24) is 20.5 Å². The number of rotatable bonds is 9. The summed E-state index contributed by atoms with van der Waals surface area (Å²) in [6, 6.07) is 18.3. The summed E-state index contributed by atoms with van der Waals surface area (Å²) in [6.45, 7) is 1.23. The highest BCUT2D eigenvalue weighted by Crippen LogP contribution is 2.57. The van der Waals surface area contributed by atoms with Gasteiger partial charge < -0.3 is 14.8 Å². The second-order valence-corrected chi connectivity index (χ2v) is 10.5. The minimum Gasteiger partial charge on any atom is -0.457 e. The Balaban J connectivity index is 1.01. The van der Waals surface area contributed by atoms with E-state index in [0.717, 1.165) is 50.2 Å². The van der Waals surface area contributed by atoms with Crippen molar-refractivity contribution in [3.8, 4) is 11.5 Å². The van der Waals surface area contributed by atoms with Crippen molar-refractivity contribution in [3.63, 3.8) is 0 Å². The zero-order valence-electron chi connectivity index (χ0n) is 19.9. The average Bonchev–Trinajstić information content (AvgIpc) is 3.51. The topological polar surface area (TPSA) is 89.1 Å². The van der Waals surface area contributed by atoms with Crippen molar-refractivity contribution >= 4 is 5.91 Å². The SMILES string of the molecule is O=C(NCc1ncn[nH]1)[C@@H]1C[C@H]1CCC12CCC(c3cccc(Oc4ccccc4)c3)(CC1)OC2. The van der Waals surface area contributed by atoms with Crippen molar-refractivity contribution in [3.05, 3.63) is 72.3 Å². The Hall–Kier alpha value is -3.19. The van der Waals surface area contributed by atoms with E-state index in [4.69, 9.17) is 9.47 Å². The van der Waals surface area contributed by atoms with E-state index < -0.39 is 0 Å². The second kappa shape index (κ2) is 9.11. The molecule has 0 radical (unpaired) electrons. The van der Waals surface area contributed by atoms with Crippen LogP contribution in [0.5, 0.6) is 11.5 Å². The fourth-order valence-electron chi connectivity index (χ4n) is 5.92. The number of fused-ring (bicyclic) bond motifs is 3. The molecule has 2 aromatic carbocycles. The molecule has 0 spiro atoms. The molecule has 7 nitrogen and oxygen atoms in total. The lowest BCUT2D eigenvalue weighted by molar-refractivity contribution is -0.192. The summed E-state index contributed by atoms with van der Waals surface area (Å²) in [5.74, 6) is 3.18. The van der Waals surface area contributed by atoms with Crippen LogP contribution in [-0.2, 0) is 21.7 Å². The highest BCUT2D eigenvalue weighted by molar-refractivity contribution is 5.81. The quantitative estimate of drug-likeness (QED) is 0.451. The molecule has 182 valence electrons. The maximum absolute atomic E-state index is 12.5. The van der Waals surface area contributed by atoms with Gasteiger partial charge in [0.25, 0.3) is 0 Å². The Labute approximate surface area is 205 Å². The van der Waals surface area contributed by atoms with E-state index in [1.807, 2.05) is 36.4 Å². The van der Waals surface area contributed by atoms with Crippen LogP contribution in [0.3, 0.4) is 0 Å². The van der Waals surface area contributed by atoms with Gasteiger partial charge in [0.1, 0.15) is 23.7 Å². The summed E-state index contributed by atoms with van der Waals surface area (Å²) in [6.07, 6.45) is 9.19. The number of para-hydroxylation sites is 1. The molecule has 2 aliphatic carbocycles. The summed E-state index contributed by atoms with van der Waals surface area (Å²) in [5, 5.41) is 9.58. The summed E-state index contributed by atoms with van der Waals surface area (Å²) in [5.41, 5.74) is 1.30. The van der Waals surface area contributed by atoms with Crippen molar-refractivity contribution in [2.24, 2.45) is 17.3 Å². The van der Waals surface area contributed by atoms with Gasteiger partial charge in [0.15, 0.2) is 0 Å². The third-order valence-corrected chi connectivity index (χ3v) is 8.31. The minimum atomic E-state index is -0.194. The third kappa shape index (κ3) is 4.69. The van der Waals surface area contributed by atoms with Crippen LogP contribution in [-0.4, -0.2) is 27.7 Å². The first-order valence-corrected chi connectivity index (χ1v) is 12.7. The lowest BCUT2D eigenvalue weighted by Gasteiger charge is -2.53. The molecule has 2 saturated carbocycles. The number of H-pyrrole nitrogens is 1. The van der Waals surface area contributed by atoms with Crippen LogP contribution in [0.2, 0.25) is 0 Å². The van der Waals surface area contributed by atoms with Crippen LogP contribution in [0.15, 0.2) is 60.9 Å². The van der Waals surface area contributed by atoms with Crippen LogP contribution in [0.25, 0.3) is 0 Å². The van der Waals surface area contributed by atoms with E-state index in [9.17, 15) is 4.79 Å². The highest BCUT2D eigenvalue weighted by Gasteiger charge is 2.51. The van der Waals surface area contributed by atoms with Crippen molar-refractivity contribution < 1.29 is 14.3 Å². The van der Waals surface area contributed by atoms with Gasteiger partial charge in [-0.15, -0.1) is 0 Å². The number of carbonyl (C=O) groups excluding carboxylic acids is 1. The summed E-state index contributed by atoms with van der Waals surface area (Å²) in [7, 11) is 0. The zero-order chi connectivity index (χ0) is 23.7. The van der Waals surface area contributed by atoms with Gasteiger partial charge in [0, 0.05) is 5.92 Å². The fourth-order valence-corrected chi connectivity index (χ4v) is 5.92. The molecule has 2 saturated heterocycles. The number of hydrogen-bond donors (Lipinski definition) is 2.